The van der Waals surface area contributed by atoms with Crippen LogP contribution in [-0.4, -0.2) is 40.4 Å². The first kappa shape index (κ1) is 13.4. The summed E-state index contributed by atoms with van der Waals surface area (Å²) >= 11 is 0. The molecular weight excluding hydrogens is 220 g/mol. The molecule has 0 aliphatic carbocycles. The summed E-state index contributed by atoms with van der Waals surface area (Å²) < 4.78 is 6.42. The van der Waals surface area contributed by atoms with E-state index in [2.05, 4.69) is 15.4 Å². The molecule has 0 aromatic carbocycles. The highest BCUT2D eigenvalue weighted by atomic mass is 16.5. The van der Waals surface area contributed by atoms with Gasteiger partial charge < -0.3 is 10.1 Å². The van der Waals surface area contributed by atoms with Crippen LogP contribution < -0.4 is 5.32 Å². The van der Waals surface area contributed by atoms with E-state index in [0.29, 0.717) is 13.2 Å². The van der Waals surface area contributed by atoms with Crippen molar-refractivity contribution in [1.29, 1.82) is 0 Å². The Morgan fingerprint density at radius 2 is 2.47 bits per heavy atom. The minimum atomic E-state index is -0.305. The molecule has 1 heterocycles. The van der Waals surface area contributed by atoms with E-state index in [1.165, 1.54) is 6.08 Å². The molecule has 0 bridgehead atoms. The second-order valence-corrected chi connectivity index (χ2v) is 3.44. The zero-order valence-corrected chi connectivity index (χ0v) is 10.2. The van der Waals surface area contributed by atoms with Crippen LogP contribution in [0, 0.1) is 0 Å². The van der Waals surface area contributed by atoms with Crippen molar-refractivity contribution in [2.45, 2.75) is 13.3 Å². The molecule has 0 saturated heterocycles. The van der Waals surface area contributed by atoms with Crippen LogP contribution in [0.25, 0.3) is 0 Å². The van der Waals surface area contributed by atoms with Crippen molar-refractivity contribution < 1.29 is 9.53 Å². The minimum absolute atomic E-state index is 0.305. The number of nitrogens with zero attached hydrogens (tertiary/aromatic N) is 3. The Kier molecular flexibility index (Phi) is 5.95. The van der Waals surface area contributed by atoms with Crippen LogP contribution in [0.1, 0.15) is 12.7 Å². The van der Waals surface area contributed by atoms with Gasteiger partial charge in [0.15, 0.2) is 5.82 Å². The van der Waals surface area contributed by atoms with E-state index in [-0.39, 0.29) is 5.97 Å². The molecular formula is C11H18N4O2. The fourth-order valence-electron chi connectivity index (χ4n) is 1.23. The molecule has 0 saturated carbocycles. The fourth-order valence-corrected chi connectivity index (χ4v) is 1.23. The van der Waals surface area contributed by atoms with Crippen LogP contribution in [-0.2, 0) is 23.0 Å². The van der Waals surface area contributed by atoms with Crippen molar-refractivity contribution in [3.8, 4) is 0 Å². The molecule has 1 rings (SSSR count). The molecule has 0 amide bonds. The van der Waals surface area contributed by atoms with Gasteiger partial charge in [-0.05, 0) is 6.92 Å². The molecule has 0 atom stereocenters. The zero-order chi connectivity index (χ0) is 12.5. The number of carbonyl (C=O) groups is 1. The summed E-state index contributed by atoms with van der Waals surface area (Å²) in [6, 6.07) is 0. The molecule has 0 aliphatic rings. The number of aromatic nitrogens is 3. The predicted molar refractivity (Wildman–Crippen MR) is 63.3 cm³/mol. The molecule has 0 spiro atoms. The van der Waals surface area contributed by atoms with E-state index in [9.17, 15) is 4.79 Å². The van der Waals surface area contributed by atoms with E-state index < -0.39 is 0 Å². The van der Waals surface area contributed by atoms with Crippen molar-refractivity contribution in [1.82, 2.24) is 20.1 Å². The summed E-state index contributed by atoms with van der Waals surface area (Å²) in [6.07, 6.45) is 5.61. The topological polar surface area (TPSA) is 69.0 Å². The van der Waals surface area contributed by atoms with Gasteiger partial charge in [-0.15, -0.1) is 0 Å². The summed E-state index contributed by atoms with van der Waals surface area (Å²) in [4.78, 5) is 15.0. The third kappa shape index (κ3) is 5.82. The predicted octanol–water partition coefficient (Wildman–Crippen LogP) is 0.0665. The third-order valence-electron chi connectivity index (χ3n) is 1.98. The monoisotopic (exact) mass is 238 g/mol. The highest BCUT2D eigenvalue weighted by molar-refractivity contribution is 5.81. The average molecular weight is 238 g/mol. The number of rotatable bonds is 7. The number of hydrogen-bond acceptors (Lipinski definition) is 5. The summed E-state index contributed by atoms with van der Waals surface area (Å²) in [7, 11) is 1.84. The Morgan fingerprint density at radius 3 is 3.12 bits per heavy atom. The first-order chi connectivity index (χ1) is 8.22. The Morgan fingerprint density at radius 1 is 1.65 bits per heavy atom. The van der Waals surface area contributed by atoms with Crippen molar-refractivity contribution in [2.75, 3.05) is 19.7 Å². The highest BCUT2D eigenvalue weighted by Gasteiger charge is 1.97. The third-order valence-corrected chi connectivity index (χ3v) is 1.98. The summed E-state index contributed by atoms with van der Waals surface area (Å²) in [5, 5.41) is 7.31. The number of hydrogen-bond donors (Lipinski definition) is 1. The van der Waals surface area contributed by atoms with Gasteiger partial charge in [-0.3, -0.25) is 4.68 Å². The second-order valence-electron chi connectivity index (χ2n) is 3.44. The minimum Gasteiger partial charge on any atom is -0.463 e. The zero-order valence-electron chi connectivity index (χ0n) is 10.2. The maximum absolute atomic E-state index is 10.9. The quantitative estimate of drug-likeness (QED) is 0.413. The van der Waals surface area contributed by atoms with Gasteiger partial charge in [-0.1, -0.05) is 6.08 Å². The first-order valence-electron chi connectivity index (χ1n) is 5.61. The SMILES string of the molecule is CCOC(=O)/C=C/CNCCc1ncn(C)n1. The van der Waals surface area contributed by atoms with Crippen LogP contribution in [0.5, 0.6) is 0 Å². The van der Waals surface area contributed by atoms with Crippen molar-refractivity contribution in [3.63, 3.8) is 0 Å². The van der Waals surface area contributed by atoms with Crippen LogP contribution in [0.4, 0.5) is 0 Å². The standard InChI is InChI=1S/C11H18N4O2/c1-3-17-11(16)5-4-7-12-8-6-10-13-9-15(2)14-10/h4-5,9,12H,3,6-8H2,1-2H3/b5-4+. The van der Waals surface area contributed by atoms with Gasteiger partial charge in [0, 0.05) is 32.6 Å². The summed E-state index contributed by atoms with van der Waals surface area (Å²) in [5.41, 5.74) is 0. The lowest BCUT2D eigenvalue weighted by Gasteiger charge is -1.98. The van der Waals surface area contributed by atoms with E-state index >= 15 is 0 Å². The normalized spacial score (nSPS) is 10.9. The number of esters is 1. The van der Waals surface area contributed by atoms with Gasteiger partial charge in [0.1, 0.15) is 6.33 Å². The van der Waals surface area contributed by atoms with E-state index in [1.54, 1.807) is 24.0 Å². The van der Waals surface area contributed by atoms with Gasteiger partial charge in [0.25, 0.3) is 0 Å². The molecule has 0 radical (unpaired) electrons. The Balaban J connectivity index is 2.06. The molecule has 94 valence electrons. The molecule has 6 nitrogen and oxygen atoms in total. The molecule has 0 aliphatic heterocycles. The molecule has 1 aromatic heterocycles. The molecule has 6 heteroatoms. The molecule has 0 unspecified atom stereocenters. The number of carbonyl (C=O) groups excluding carboxylic acids is 1. The van der Waals surface area contributed by atoms with Gasteiger partial charge in [-0.25, -0.2) is 9.78 Å². The lowest BCUT2D eigenvalue weighted by molar-refractivity contribution is -0.137. The second kappa shape index (κ2) is 7.56. The molecule has 1 aromatic rings. The maximum Gasteiger partial charge on any atom is 0.330 e. The van der Waals surface area contributed by atoms with Gasteiger partial charge >= 0.3 is 5.97 Å². The van der Waals surface area contributed by atoms with Gasteiger partial charge in [0.2, 0.25) is 0 Å². The largest absolute Gasteiger partial charge is 0.463 e. The molecule has 1 N–H and O–H groups in total. The van der Waals surface area contributed by atoms with E-state index in [4.69, 9.17) is 4.74 Å². The molecule has 0 fully saturated rings. The Bertz CT molecular complexity index is 373. The number of ether oxygens (including phenoxy) is 1. The van der Waals surface area contributed by atoms with Crippen LogP contribution in [0.15, 0.2) is 18.5 Å². The Labute approximate surface area is 101 Å². The lowest BCUT2D eigenvalue weighted by Crippen LogP contribution is -2.18. The van der Waals surface area contributed by atoms with Crippen LogP contribution >= 0.6 is 0 Å². The average Bonchev–Trinajstić information content (AvgIpc) is 2.70. The maximum atomic E-state index is 10.9. The number of nitrogens with one attached hydrogen (secondary N) is 1. The fraction of sp³-hybridized carbons (Fsp3) is 0.545. The number of aryl methyl sites for hydroxylation is 1. The van der Waals surface area contributed by atoms with Crippen molar-refractivity contribution >= 4 is 5.97 Å². The van der Waals surface area contributed by atoms with E-state index in [1.807, 2.05) is 7.05 Å². The first-order valence-corrected chi connectivity index (χ1v) is 5.61. The van der Waals surface area contributed by atoms with E-state index in [0.717, 1.165) is 18.8 Å². The van der Waals surface area contributed by atoms with Gasteiger partial charge in [-0.2, -0.15) is 5.10 Å². The highest BCUT2D eigenvalue weighted by Crippen LogP contribution is 1.88. The van der Waals surface area contributed by atoms with Gasteiger partial charge in [0.05, 0.1) is 6.61 Å². The summed E-state index contributed by atoms with van der Waals surface area (Å²) in [6.45, 7) is 3.59. The summed E-state index contributed by atoms with van der Waals surface area (Å²) in [5.74, 6) is 0.509. The van der Waals surface area contributed by atoms with Crippen LogP contribution in [0.2, 0.25) is 0 Å². The molecule has 17 heavy (non-hydrogen) atoms. The van der Waals surface area contributed by atoms with Crippen molar-refractivity contribution in [3.05, 3.63) is 24.3 Å². The van der Waals surface area contributed by atoms with Crippen molar-refractivity contribution in [2.24, 2.45) is 7.05 Å². The Hall–Kier alpha value is -1.69. The lowest BCUT2D eigenvalue weighted by atomic mass is 10.4. The smallest absolute Gasteiger partial charge is 0.330 e. The van der Waals surface area contributed by atoms with Crippen LogP contribution in [0.3, 0.4) is 0 Å².